The van der Waals surface area contributed by atoms with Crippen molar-refractivity contribution in [1.82, 2.24) is 14.7 Å². The van der Waals surface area contributed by atoms with Crippen LogP contribution >= 0.6 is 0 Å². The van der Waals surface area contributed by atoms with Crippen LogP contribution in [0.4, 0.5) is 5.69 Å². The van der Waals surface area contributed by atoms with Crippen LogP contribution in [-0.2, 0) is 9.59 Å². The van der Waals surface area contributed by atoms with Crippen molar-refractivity contribution in [2.45, 2.75) is 59.0 Å². The van der Waals surface area contributed by atoms with Gasteiger partial charge >= 0.3 is 0 Å². The summed E-state index contributed by atoms with van der Waals surface area (Å²) in [6.45, 7) is 12.6. The Morgan fingerprint density at radius 1 is 0.931 bits per heavy atom. The van der Waals surface area contributed by atoms with Crippen molar-refractivity contribution in [2.75, 3.05) is 44.6 Å². The first-order valence-corrected chi connectivity index (χ1v) is 11.0. The van der Waals surface area contributed by atoms with Crippen molar-refractivity contribution >= 4 is 17.5 Å². The summed E-state index contributed by atoms with van der Waals surface area (Å²) >= 11 is 0. The van der Waals surface area contributed by atoms with E-state index < -0.39 is 0 Å². The fraction of sp³-hybridized carbons (Fsp3) is 0.652. The lowest BCUT2D eigenvalue weighted by Crippen LogP contribution is -2.54. The number of rotatable bonds is 5. The van der Waals surface area contributed by atoms with Gasteiger partial charge in [-0.25, -0.2) is 0 Å². The number of amides is 2. The fourth-order valence-corrected chi connectivity index (χ4v) is 4.69. The van der Waals surface area contributed by atoms with Gasteiger partial charge < -0.3 is 10.2 Å². The molecule has 0 aliphatic carbocycles. The molecule has 2 saturated heterocycles. The molecule has 6 heteroatoms. The van der Waals surface area contributed by atoms with Crippen LogP contribution in [0.2, 0.25) is 0 Å². The van der Waals surface area contributed by atoms with Gasteiger partial charge in [-0.2, -0.15) is 0 Å². The van der Waals surface area contributed by atoms with Crippen molar-refractivity contribution in [3.8, 4) is 0 Å². The standard InChI is InChI=1S/C23H36N4O2/c1-17-7-5-8-18(2)23(17)24-21(28)15-25-11-13-26(14-12-25)16-22(29)27-19(3)9-6-10-20(27)4/h5,7-8,19-20H,6,9-16H2,1-4H3,(H,24,28)/t19-,20-/m1/s1. The Balaban J connectivity index is 1.44. The van der Waals surface area contributed by atoms with Gasteiger partial charge in [-0.3, -0.25) is 19.4 Å². The highest BCUT2D eigenvalue weighted by atomic mass is 16.2. The van der Waals surface area contributed by atoms with E-state index in [9.17, 15) is 9.59 Å². The van der Waals surface area contributed by atoms with Crippen LogP contribution in [0, 0.1) is 13.8 Å². The first-order valence-electron chi connectivity index (χ1n) is 11.0. The molecule has 3 rings (SSSR count). The van der Waals surface area contributed by atoms with Gasteiger partial charge in [0.25, 0.3) is 0 Å². The van der Waals surface area contributed by atoms with Crippen LogP contribution in [0.1, 0.15) is 44.2 Å². The molecular formula is C23H36N4O2. The van der Waals surface area contributed by atoms with Crippen molar-refractivity contribution in [1.29, 1.82) is 0 Å². The lowest BCUT2D eigenvalue weighted by molar-refractivity contribution is -0.139. The molecule has 2 aliphatic heterocycles. The number of carbonyl (C=O) groups excluding carboxylic acids is 2. The molecular weight excluding hydrogens is 364 g/mol. The summed E-state index contributed by atoms with van der Waals surface area (Å²) in [5, 5.41) is 3.07. The van der Waals surface area contributed by atoms with E-state index in [1.807, 2.05) is 32.0 Å². The summed E-state index contributed by atoms with van der Waals surface area (Å²) < 4.78 is 0. The Morgan fingerprint density at radius 2 is 1.45 bits per heavy atom. The van der Waals surface area contributed by atoms with Crippen molar-refractivity contribution in [3.05, 3.63) is 29.3 Å². The maximum Gasteiger partial charge on any atom is 0.238 e. The van der Waals surface area contributed by atoms with Gasteiger partial charge in [0.05, 0.1) is 13.1 Å². The predicted octanol–water partition coefficient (Wildman–Crippen LogP) is 2.65. The Labute approximate surface area is 175 Å². The number of likely N-dealkylation sites (tertiary alicyclic amines) is 1. The molecule has 0 unspecified atom stereocenters. The Bertz CT molecular complexity index is 697. The van der Waals surface area contributed by atoms with Crippen LogP contribution in [0.25, 0.3) is 0 Å². The van der Waals surface area contributed by atoms with E-state index in [0.717, 1.165) is 55.8 Å². The average molecular weight is 401 g/mol. The number of nitrogens with one attached hydrogen (secondary N) is 1. The molecule has 0 bridgehead atoms. The number of anilines is 1. The van der Waals surface area contributed by atoms with Crippen LogP contribution in [0.5, 0.6) is 0 Å². The van der Waals surface area contributed by atoms with Gasteiger partial charge in [0.15, 0.2) is 0 Å². The minimum atomic E-state index is 0.0305. The largest absolute Gasteiger partial charge is 0.336 e. The van der Waals surface area contributed by atoms with Crippen LogP contribution in [0.3, 0.4) is 0 Å². The zero-order valence-corrected chi connectivity index (χ0v) is 18.4. The smallest absolute Gasteiger partial charge is 0.238 e. The maximum absolute atomic E-state index is 12.8. The number of hydrogen-bond donors (Lipinski definition) is 1. The second kappa shape index (κ2) is 9.72. The van der Waals surface area contributed by atoms with E-state index >= 15 is 0 Å². The van der Waals surface area contributed by atoms with Gasteiger partial charge in [-0.05, 0) is 58.1 Å². The van der Waals surface area contributed by atoms with Gasteiger partial charge in [0.1, 0.15) is 0 Å². The molecule has 1 aromatic carbocycles. The quantitative estimate of drug-likeness (QED) is 0.826. The van der Waals surface area contributed by atoms with Gasteiger partial charge in [-0.1, -0.05) is 18.2 Å². The van der Waals surface area contributed by atoms with E-state index in [1.165, 1.54) is 6.42 Å². The number of nitrogens with zero attached hydrogens (tertiary/aromatic N) is 3. The molecule has 1 aromatic rings. The van der Waals surface area contributed by atoms with Crippen LogP contribution in [-0.4, -0.2) is 77.9 Å². The van der Waals surface area contributed by atoms with Crippen LogP contribution in [0.15, 0.2) is 18.2 Å². The Morgan fingerprint density at radius 3 is 2.00 bits per heavy atom. The van der Waals surface area contributed by atoms with E-state index in [2.05, 4.69) is 33.9 Å². The summed E-state index contributed by atoms with van der Waals surface area (Å²) in [7, 11) is 0. The molecule has 2 atom stereocenters. The Hall–Kier alpha value is -1.92. The average Bonchev–Trinajstić information content (AvgIpc) is 2.66. The molecule has 2 fully saturated rings. The SMILES string of the molecule is Cc1cccc(C)c1NC(=O)CN1CCN(CC(=O)N2[C@H](C)CCC[C@H]2C)CC1. The number of para-hydroxylation sites is 1. The van der Waals surface area contributed by atoms with E-state index in [4.69, 9.17) is 0 Å². The molecule has 0 spiro atoms. The first-order chi connectivity index (χ1) is 13.8. The lowest BCUT2D eigenvalue weighted by atomic mass is 9.97. The number of piperidine rings is 1. The number of carbonyl (C=O) groups is 2. The highest BCUT2D eigenvalue weighted by Crippen LogP contribution is 2.23. The first kappa shape index (κ1) is 21.8. The highest BCUT2D eigenvalue weighted by Gasteiger charge is 2.30. The highest BCUT2D eigenvalue weighted by molar-refractivity contribution is 5.93. The molecule has 1 N–H and O–H groups in total. The van der Waals surface area contributed by atoms with Crippen molar-refractivity contribution in [2.24, 2.45) is 0 Å². The summed E-state index contributed by atoms with van der Waals surface area (Å²) in [6.07, 6.45) is 3.44. The maximum atomic E-state index is 12.8. The molecule has 0 radical (unpaired) electrons. The molecule has 2 aliphatic rings. The number of hydrogen-bond acceptors (Lipinski definition) is 4. The molecule has 0 aromatic heterocycles. The van der Waals surface area contributed by atoms with Crippen molar-refractivity contribution in [3.63, 3.8) is 0 Å². The van der Waals surface area contributed by atoms with E-state index in [-0.39, 0.29) is 11.8 Å². The normalized spacial score (nSPS) is 23.8. The molecule has 160 valence electrons. The Kier molecular flexibility index (Phi) is 7.30. The predicted molar refractivity (Wildman–Crippen MR) is 117 cm³/mol. The van der Waals surface area contributed by atoms with Gasteiger partial charge in [-0.15, -0.1) is 0 Å². The molecule has 6 nitrogen and oxygen atoms in total. The van der Waals surface area contributed by atoms with Gasteiger partial charge in [0, 0.05) is 44.0 Å². The molecule has 2 heterocycles. The zero-order valence-electron chi connectivity index (χ0n) is 18.4. The molecule has 0 saturated carbocycles. The molecule has 29 heavy (non-hydrogen) atoms. The topological polar surface area (TPSA) is 55.9 Å². The second-order valence-corrected chi connectivity index (χ2v) is 8.80. The number of aryl methyl sites for hydroxylation is 2. The van der Waals surface area contributed by atoms with E-state index in [1.54, 1.807) is 0 Å². The second-order valence-electron chi connectivity index (χ2n) is 8.80. The third-order valence-electron chi connectivity index (χ3n) is 6.42. The van der Waals surface area contributed by atoms with E-state index in [0.29, 0.717) is 25.2 Å². The third kappa shape index (κ3) is 5.58. The minimum Gasteiger partial charge on any atom is -0.336 e. The lowest BCUT2D eigenvalue weighted by Gasteiger charge is -2.41. The van der Waals surface area contributed by atoms with Gasteiger partial charge in [0.2, 0.25) is 11.8 Å². The summed E-state index contributed by atoms with van der Waals surface area (Å²) in [5.41, 5.74) is 3.09. The zero-order chi connectivity index (χ0) is 21.0. The summed E-state index contributed by atoms with van der Waals surface area (Å²) in [5.74, 6) is 0.286. The molecule has 2 amide bonds. The number of benzene rings is 1. The van der Waals surface area contributed by atoms with Crippen LogP contribution < -0.4 is 5.32 Å². The summed E-state index contributed by atoms with van der Waals surface area (Å²) in [4.78, 5) is 31.8. The minimum absolute atomic E-state index is 0.0305. The van der Waals surface area contributed by atoms with Crippen molar-refractivity contribution < 1.29 is 9.59 Å². The number of piperazine rings is 1. The third-order valence-corrected chi connectivity index (χ3v) is 6.42. The fourth-order valence-electron chi connectivity index (χ4n) is 4.69. The summed E-state index contributed by atoms with van der Waals surface area (Å²) in [6, 6.07) is 6.74. The monoisotopic (exact) mass is 400 g/mol.